The first-order chi connectivity index (χ1) is 15.5. The van der Waals surface area contributed by atoms with Gasteiger partial charge in [-0.2, -0.15) is 0 Å². The Kier molecular flexibility index (Phi) is 6.93. The number of hydrogen-bond acceptors (Lipinski definition) is 6. The predicted molar refractivity (Wildman–Crippen MR) is 129 cm³/mol. The highest BCUT2D eigenvalue weighted by Crippen LogP contribution is 2.28. The number of halogens is 1. The minimum atomic E-state index is -0.291. The van der Waals surface area contributed by atoms with E-state index in [1.165, 1.54) is 0 Å². The molecule has 0 spiro atoms. The van der Waals surface area contributed by atoms with Crippen molar-refractivity contribution in [1.29, 1.82) is 0 Å². The molecule has 2 fully saturated rings. The van der Waals surface area contributed by atoms with Crippen molar-refractivity contribution < 1.29 is 9.59 Å². The normalized spacial score (nSPS) is 18.9. The number of aromatic nitrogens is 2. The molecule has 9 heteroatoms. The van der Waals surface area contributed by atoms with Gasteiger partial charge in [-0.1, -0.05) is 22.0 Å². The highest BCUT2D eigenvalue weighted by molar-refractivity contribution is 9.10. The summed E-state index contributed by atoms with van der Waals surface area (Å²) in [6.07, 6.45) is 0.268. The molecular weight excluding hydrogens is 472 g/mol. The minimum absolute atomic E-state index is 0.00338. The quantitative estimate of drug-likeness (QED) is 0.607. The zero-order valence-corrected chi connectivity index (χ0v) is 20.2. The number of benzene rings is 1. The van der Waals surface area contributed by atoms with Gasteiger partial charge < -0.3 is 19.6 Å². The van der Waals surface area contributed by atoms with Gasteiger partial charge in [-0.25, -0.2) is 0 Å². The second-order valence-corrected chi connectivity index (χ2v) is 9.04. The average molecular weight is 501 g/mol. The number of rotatable bonds is 6. The molecule has 1 atom stereocenters. The Morgan fingerprint density at radius 3 is 2.47 bits per heavy atom. The van der Waals surface area contributed by atoms with Gasteiger partial charge in [0.2, 0.25) is 11.8 Å². The molecule has 2 aliphatic heterocycles. The van der Waals surface area contributed by atoms with E-state index >= 15 is 0 Å². The molecule has 170 valence electrons. The molecule has 2 saturated heterocycles. The average Bonchev–Trinajstić information content (AvgIpc) is 3.21. The van der Waals surface area contributed by atoms with Crippen molar-refractivity contribution in [3.05, 3.63) is 40.9 Å². The van der Waals surface area contributed by atoms with E-state index in [1.54, 1.807) is 4.90 Å². The summed E-state index contributed by atoms with van der Waals surface area (Å²) in [4.78, 5) is 33.6. The van der Waals surface area contributed by atoms with E-state index in [1.807, 2.05) is 41.3 Å². The van der Waals surface area contributed by atoms with Crippen LogP contribution in [0, 0.1) is 5.92 Å². The van der Waals surface area contributed by atoms with Gasteiger partial charge in [-0.3, -0.25) is 9.59 Å². The molecule has 3 heterocycles. The Bertz CT molecular complexity index is 957. The Morgan fingerprint density at radius 2 is 1.84 bits per heavy atom. The predicted octanol–water partition coefficient (Wildman–Crippen LogP) is 2.79. The van der Waals surface area contributed by atoms with Crippen LogP contribution in [0.4, 0.5) is 17.3 Å². The first kappa shape index (κ1) is 22.5. The molecule has 2 aromatic rings. The number of anilines is 3. The van der Waals surface area contributed by atoms with Crippen LogP contribution in [-0.4, -0.2) is 72.7 Å². The van der Waals surface area contributed by atoms with Crippen LogP contribution in [0.1, 0.15) is 20.3 Å². The van der Waals surface area contributed by atoms with E-state index in [2.05, 4.69) is 49.8 Å². The van der Waals surface area contributed by atoms with Crippen LogP contribution in [0.2, 0.25) is 0 Å². The molecule has 4 rings (SSSR count). The lowest BCUT2D eigenvalue weighted by Crippen LogP contribution is -2.51. The van der Waals surface area contributed by atoms with Crippen LogP contribution in [-0.2, 0) is 9.59 Å². The number of piperazine rings is 1. The van der Waals surface area contributed by atoms with Crippen LogP contribution >= 0.6 is 15.9 Å². The first-order valence-electron chi connectivity index (χ1n) is 11.2. The summed E-state index contributed by atoms with van der Waals surface area (Å²) in [6.45, 7) is 9.10. The van der Waals surface area contributed by atoms with E-state index in [4.69, 9.17) is 0 Å². The molecule has 2 amide bonds. The molecule has 0 saturated carbocycles. The third kappa shape index (κ3) is 4.72. The molecule has 32 heavy (non-hydrogen) atoms. The molecular formula is C23H29BrN6O2. The SMILES string of the molecule is CCN(CC)c1ccc(N2CCN(C(=O)C3CC(=O)N(c4cccc(Br)c4)C3)CC2)nn1. The van der Waals surface area contributed by atoms with Crippen molar-refractivity contribution >= 4 is 45.1 Å². The molecule has 0 aliphatic carbocycles. The summed E-state index contributed by atoms with van der Waals surface area (Å²) in [6, 6.07) is 11.7. The van der Waals surface area contributed by atoms with E-state index in [0.717, 1.165) is 34.9 Å². The number of hydrogen-bond donors (Lipinski definition) is 0. The smallest absolute Gasteiger partial charge is 0.228 e. The van der Waals surface area contributed by atoms with Crippen molar-refractivity contribution in [3.63, 3.8) is 0 Å². The van der Waals surface area contributed by atoms with E-state index in [-0.39, 0.29) is 24.2 Å². The van der Waals surface area contributed by atoms with Gasteiger partial charge in [-0.15, -0.1) is 10.2 Å². The van der Waals surface area contributed by atoms with E-state index < -0.39 is 0 Å². The van der Waals surface area contributed by atoms with E-state index in [0.29, 0.717) is 32.7 Å². The molecule has 0 N–H and O–H groups in total. The largest absolute Gasteiger partial charge is 0.356 e. The van der Waals surface area contributed by atoms with Crippen LogP contribution in [0.25, 0.3) is 0 Å². The second kappa shape index (κ2) is 9.85. The number of amides is 2. The lowest BCUT2D eigenvalue weighted by Gasteiger charge is -2.36. The van der Waals surface area contributed by atoms with Crippen LogP contribution < -0.4 is 14.7 Å². The van der Waals surface area contributed by atoms with Gasteiger partial charge in [0, 0.05) is 62.4 Å². The maximum atomic E-state index is 13.1. The van der Waals surface area contributed by atoms with Crippen LogP contribution in [0.5, 0.6) is 0 Å². The van der Waals surface area contributed by atoms with Crippen molar-refractivity contribution in [2.45, 2.75) is 20.3 Å². The molecule has 0 radical (unpaired) electrons. The third-order valence-electron chi connectivity index (χ3n) is 6.23. The molecule has 1 aromatic carbocycles. The molecule has 2 aliphatic rings. The Balaban J connectivity index is 1.33. The molecule has 1 aromatic heterocycles. The van der Waals surface area contributed by atoms with Crippen molar-refractivity contribution in [2.24, 2.45) is 5.92 Å². The van der Waals surface area contributed by atoms with Gasteiger partial charge in [0.15, 0.2) is 11.6 Å². The van der Waals surface area contributed by atoms with Gasteiger partial charge in [-0.05, 0) is 44.2 Å². The summed E-state index contributed by atoms with van der Waals surface area (Å²) in [5.74, 6) is 1.50. The zero-order chi connectivity index (χ0) is 22.7. The number of carbonyl (C=O) groups excluding carboxylic acids is 2. The van der Waals surface area contributed by atoms with Crippen molar-refractivity contribution in [3.8, 4) is 0 Å². The highest BCUT2D eigenvalue weighted by atomic mass is 79.9. The maximum absolute atomic E-state index is 13.1. The van der Waals surface area contributed by atoms with Gasteiger partial charge in [0.1, 0.15) is 0 Å². The fourth-order valence-corrected chi connectivity index (χ4v) is 4.77. The number of carbonyl (C=O) groups is 2. The summed E-state index contributed by atoms with van der Waals surface area (Å²) >= 11 is 3.45. The highest BCUT2D eigenvalue weighted by Gasteiger charge is 2.38. The van der Waals surface area contributed by atoms with Crippen LogP contribution in [0.3, 0.4) is 0 Å². The third-order valence-corrected chi connectivity index (χ3v) is 6.73. The fraction of sp³-hybridized carbons (Fsp3) is 0.478. The monoisotopic (exact) mass is 500 g/mol. The standard InChI is InChI=1S/C23H29BrN6O2/c1-3-27(4-2)20-8-9-21(26-25-20)28-10-12-29(13-11-28)23(32)17-14-22(31)30(16-17)19-7-5-6-18(24)15-19/h5-9,15,17H,3-4,10-14,16H2,1-2H3. The topological polar surface area (TPSA) is 72.9 Å². The summed E-state index contributed by atoms with van der Waals surface area (Å²) in [7, 11) is 0. The van der Waals surface area contributed by atoms with Crippen LogP contribution in [0.15, 0.2) is 40.9 Å². The zero-order valence-electron chi connectivity index (χ0n) is 18.6. The van der Waals surface area contributed by atoms with Crippen molar-refractivity contribution in [2.75, 3.05) is 60.5 Å². The van der Waals surface area contributed by atoms with Gasteiger partial charge in [0.25, 0.3) is 0 Å². The first-order valence-corrected chi connectivity index (χ1v) is 12.0. The summed E-state index contributed by atoms with van der Waals surface area (Å²) < 4.78 is 0.918. The Hall–Kier alpha value is -2.68. The lowest BCUT2D eigenvalue weighted by atomic mass is 10.1. The molecule has 1 unspecified atom stereocenters. The van der Waals surface area contributed by atoms with Gasteiger partial charge in [0.05, 0.1) is 5.92 Å². The Labute approximate surface area is 197 Å². The number of nitrogens with zero attached hydrogens (tertiary/aromatic N) is 6. The maximum Gasteiger partial charge on any atom is 0.228 e. The summed E-state index contributed by atoms with van der Waals surface area (Å²) in [5.41, 5.74) is 0.830. The lowest BCUT2D eigenvalue weighted by molar-refractivity contribution is -0.136. The molecule has 0 bridgehead atoms. The minimum Gasteiger partial charge on any atom is -0.356 e. The van der Waals surface area contributed by atoms with Crippen molar-refractivity contribution in [1.82, 2.24) is 15.1 Å². The van der Waals surface area contributed by atoms with E-state index in [9.17, 15) is 9.59 Å². The second-order valence-electron chi connectivity index (χ2n) is 8.12. The summed E-state index contributed by atoms with van der Waals surface area (Å²) in [5, 5.41) is 8.77. The van der Waals surface area contributed by atoms with Gasteiger partial charge >= 0.3 is 0 Å². The molecule has 8 nitrogen and oxygen atoms in total. The fourth-order valence-electron chi connectivity index (χ4n) is 4.38. The Morgan fingerprint density at radius 1 is 1.09 bits per heavy atom.